The number of nitrogens with one attached hydrogen (secondary N) is 1. The van der Waals surface area contributed by atoms with Crippen molar-refractivity contribution < 1.29 is 24.1 Å². The van der Waals surface area contributed by atoms with Crippen molar-refractivity contribution in [2.45, 2.75) is 64.8 Å². The summed E-state index contributed by atoms with van der Waals surface area (Å²) < 4.78 is 15.8. The van der Waals surface area contributed by atoms with Crippen molar-refractivity contribution in [2.75, 3.05) is 33.5 Å². The van der Waals surface area contributed by atoms with E-state index in [9.17, 15) is 14.7 Å². The molecule has 2 N–H and O–H groups in total. The molecule has 0 aliphatic heterocycles. The lowest BCUT2D eigenvalue weighted by atomic mass is 10.2. The lowest BCUT2D eigenvalue weighted by Gasteiger charge is -2.27. The molecule has 0 aromatic carbocycles. The molecule has 1 fully saturated rings. The van der Waals surface area contributed by atoms with Crippen LogP contribution in [-0.2, 0) is 20.8 Å². The summed E-state index contributed by atoms with van der Waals surface area (Å²) in [5.74, 6) is 0.0315. The van der Waals surface area contributed by atoms with Crippen LogP contribution in [0.15, 0.2) is 4.79 Å². The zero-order valence-electron chi connectivity index (χ0n) is 19.4. The van der Waals surface area contributed by atoms with Gasteiger partial charge in [0.05, 0.1) is 36.8 Å². The third kappa shape index (κ3) is 6.58. The molecular formula is C22H33N3O6S. The van der Waals surface area contributed by atoms with Crippen LogP contribution in [0, 0.1) is 6.92 Å². The van der Waals surface area contributed by atoms with Gasteiger partial charge in [-0.15, -0.1) is 11.3 Å². The molecule has 0 spiro atoms. The van der Waals surface area contributed by atoms with E-state index in [0.29, 0.717) is 52.2 Å². The van der Waals surface area contributed by atoms with E-state index in [4.69, 9.17) is 14.2 Å². The number of thiophene rings is 1. The Hall–Kier alpha value is -1.85. The number of carbonyl (C=O) groups is 1. The number of hydrogen-bond donors (Lipinski definition) is 2. The van der Waals surface area contributed by atoms with Crippen molar-refractivity contribution in [3.8, 4) is 0 Å². The Morgan fingerprint density at radius 2 is 2.06 bits per heavy atom. The number of methoxy groups -OCH3 is 1. The topological polar surface area (TPSA) is 114 Å². The average molecular weight is 468 g/mol. The zero-order chi connectivity index (χ0) is 23.5. The highest BCUT2D eigenvalue weighted by Crippen LogP contribution is 2.30. The van der Waals surface area contributed by atoms with Crippen molar-refractivity contribution in [2.24, 2.45) is 0 Å². The summed E-state index contributed by atoms with van der Waals surface area (Å²) in [4.78, 5) is 35.6. The highest BCUT2D eigenvalue weighted by molar-refractivity contribution is 7.20. The van der Waals surface area contributed by atoms with Gasteiger partial charge in [-0.2, -0.15) is 0 Å². The van der Waals surface area contributed by atoms with E-state index in [0.717, 1.165) is 24.2 Å². The highest BCUT2D eigenvalue weighted by Gasteiger charge is 2.31. The normalized spacial score (nSPS) is 15.5. The van der Waals surface area contributed by atoms with Crippen LogP contribution in [0.5, 0.6) is 0 Å². The summed E-state index contributed by atoms with van der Waals surface area (Å²) in [5, 5.41) is 10.8. The SMILES string of the molecule is COCCOC(=O)c1sc2nc(CN(CC(O)COC(C)(C)C)C3CC3)[nH]c(=O)c2c1C. The Kier molecular flexibility index (Phi) is 8.05. The molecule has 0 saturated heterocycles. The lowest BCUT2D eigenvalue weighted by molar-refractivity contribution is -0.0574. The number of fused-ring (bicyclic) bond motifs is 1. The van der Waals surface area contributed by atoms with E-state index in [1.807, 2.05) is 20.8 Å². The van der Waals surface area contributed by atoms with Crippen LogP contribution >= 0.6 is 11.3 Å². The van der Waals surface area contributed by atoms with Crippen molar-refractivity contribution in [1.29, 1.82) is 0 Å². The van der Waals surface area contributed by atoms with Gasteiger partial charge in [0, 0.05) is 19.7 Å². The molecule has 1 atom stereocenters. The number of ether oxygens (including phenoxy) is 3. The Balaban J connectivity index is 1.75. The van der Waals surface area contributed by atoms with Crippen molar-refractivity contribution in [1.82, 2.24) is 14.9 Å². The van der Waals surface area contributed by atoms with Crippen LogP contribution in [0.25, 0.3) is 10.2 Å². The fraction of sp³-hybridized carbons (Fsp3) is 0.682. The maximum Gasteiger partial charge on any atom is 0.348 e. The van der Waals surface area contributed by atoms with Gasteiger partial charge in [0.1, 0.15) is 22.1 Å². The molecule has 10 heteroatoms. The number of aliphatic hydroxyl groups is 1. The standard InChI is InChI=1S/C22H33N3O6S/c1-13-17-19(27)23-16(24-20(17)32-18(13)21(28)30-9-8-29-5)11-25(14-6-7-14)10-15(26)12-31-22(2,3)4/h14-15,26H,6-12H2,1-5H3,(H,23,24,27). The first kappa shape index (κ1) is 24.8. The van der Waals surface area contributed by atoms with Gasteiger partial charge in [0.2, 0.25) is 0 Å². The number of aryl methyl sites for hydroxylation is 1. The molecule has 0 bridgehead atoms. The molecule has 3 rings (SSSR count). The van der Waals surface area contributed by atoms with Crippen LogP contribution in [0.3, 0.4) is 0 Å². The molecule has 9 nitrogen and oxygen atoms in total. The van der Waals surface area contributed by atoms with Crippen LogP contribution < -0.4 is 5.56 Å². The molecule has 1 saturated carbocycles. The van der Waals surface area contributed by atoms with Gasteiger partial charge in [-0.1, -0.05) is 0 Å². The fourth-order valence-corrected chi connectivity index (χ4v) is 4.48. The van der Waals surface area contributed by atoms with E-state index in [-0.39, 0.29) is 24.4 Å². The van der Waals surface area contributed by atoms with Gasteiger partial charge in [-0.05, 0) is 46.1 Å². The van der Waals surface area contributed by atoms with Crippen LogP contribution in [0.1, 0.15) is 54.7 Å². The van der Waals surface area contributed by atoms with E-state index < -0.39 is 12.1 Å². The van der Waals surface area contributed by atoms with E-state index >= 15 is 0 Å². The number of aromatic amines is 1. The van der Waals surface area contributed by atoms with Gasteiger partial charge < -0.3 is 24.3 Å². The summed E-state index contributed by atoms with van der Waals surface area (Å²) in [6, 6.07) is 0.358. The zero-order valence-corrected chi connectivity index (χ0v) is 20.2. The molecule has 0 radical (unpaired) electrons. The maximum atomic E-state index is 12.8. The number of nitrogens with zero attached hydrogens (tertiary/aromatic N) is 2. The lowest BCUT2D eigenvalue weighted by Crippen LogP contribution is -2.38. The number of aliphatic hydroxyl groups excluding tert-OH is 1. The molecule has 2 aromatic heterocycles. The Morgan fingerprint density at radius 3 is 2.69 bits per heavy atom. The molecule has 2 aromatic rings. The number of aromatic nitrogens is 2. The second-order valence-electron chi connectivity index (χ2n) is 9.12. The predicted molar refractivity (Wildman–Crippen MR) is 122 cm³/mol. The molecule has 32 heavy (non-hydrogen) atoms. The molecule has 178 valence electrons. The number of hydrogen-bond acceptors (Lipinski definition) is 9. The maximum absolute atomic E-state index is 12.8. The van der Waals surface area contributed by atoms with Crippen LogP contribution in [0.2, 0.25) is 0 Å². The first-order valence-electron chi connectivity index (χ1n) is 10.8. The summed E-state index contributed by atoms with van der Waals surface area (Å²) in [6.07, 6.45) is 1.46. The van der Waals surface area contributed by atoms with E-state index in [2.05, 4.69) is 14.9 Å². The van der Waals surface area contributed by atoms with Gasteiger partial charge in [-0.25, -0.2) is 9.78 Å². The number of rotatable bonds is 11. The average Bonchev–Trinajstić information content (AvgIpc) is 3.49. The Morgan fingerprint density at radius 1 is 1.34 bits per heavy atom. The van der Waals surface area contributed by atoms with Crippen LogP contribution in [0.4, 0.5) is 0 Å². The van der Waals surface area contributed by atoms with Crippen molar-refractivity contribution in [3.63, 3.8) is 0 Å². The molecule has 1 unspecified atom stereocenters. The van der Waals surface area contributed by atoms with Gasteiger partial charge in [0.15, 0.2) is 0 Å². The number of carbonyl (C=O) groups excluding carboxylic acids is 1. The summed E-state index contributed by atoms with van der Waals surface area (Å²) in [5.41, 5.74) is -0.0218. The molecular weight excluding hydrogens is 434 g/mol. The first-order chi connectivity index (χ1) is 15.1. The fourth-order valence-electron chi connectivity index (χ4n) is 3.39. The summed E-state index contributed by atoms with van der Waals surface area (Å²) >= 11 is 1.16. The largest absolute Gasteiger partial charge is 0.459 e. The van der Waals surface area contributed by atoms with E-state index in [1.54, 1.807) is 6.92 Å². The van der Waals surface area contributed by atoms with Gasteiger partial charge in [-0.3, -0.25) is 9.69 Å². The van der Waals surface area contributed by atoms with Gasteiger partial charge in [0.25, 0.3) is 5.56 Å². The second kappa shape index (κ2) is 10.4. The summed E-state index contributed by atoms with van der Waals surface area (Å²) in [7, 11) is 1.53. The quantitative estimate of drug-likeness (QED) is 0.382. The smallest absolute Gasteiger partial charge is 0.348 e. The second-order valence-corrected chi connectivity index (χ2v) is 10.1. The molecule has 1 aliphatic rings. The van der Waals surface area contributed by atoms with Crippen molar-refractivity contribution in [3.05, 3.63) is 26.6 Å². The van der Waals surface area contributed by atoms with Crippen molar-refractivity contribution >= 4 is 27.5 Å². The Labute approximate surface area is 191 Å². The van der Waals surface area contributed by atoms with Crippen LogP contribution in [-0.4, -0.2) is 77.2 Å². The third-order valence-electron chi connectivity index (χ3n) is 5.13. The third-order valence-corrected chi connectivity index (χ3v) is 6.29. The Bertz CT molecular complexity index is 992. The van der Waals surface area contributed by atoms with E-state index in [1.165, 1.54) is 7.11 Å². The monoisotopic (exact) mass is 467 g/mol. The number of esters is 1. The molecule has 0 amide bonds. The number of H-pyrrole nitrogens is 1. The minimum Gasteiger partial charge on any atom is -0.459 e. The summed E-state index contributed by atoms with van der Waals surface area (Å²) in [6.45, 7) is 9.12. The minimum absolute atomic E-state index is 0.148. The minimum atomic E-state index is -0.636. The molecule has 1 aliphatic carbocycles. The first-order valence-corrected chi connectivity index (χ1v) is 11.6. The predicted octanol–water partition coefficient (Wildman–Crippen LogP) is 2.24. The van der Waals surface area contributed by atoms with Gasteiger partial charge >= 0.3 is 5.97 Å². The molecule has 2 heterocycles. The highest BCUT2D eigenvalue weighted by atomic mass is 32.1.